The monoisotopic (exact) mass is 422 g/mol. The number of benzene rings is 1. The van der Waals surface area contributed by atoms with Crippen molar-refractivity contribution in [1.29, 1.82) is 5.26 Å². The number of carbonyl (C=O) groups is 2. The SMILES string of the molecule is C=C/C(=C\C(=C)Cl)C(=O)c1ccc(-c2c(C#N)c(CC)n(C)c2C(=O)OCC)cc1. The first-order valence-corrected chi connectivity index (χ1v) is 9.80. The molecule has 30 heavy (non-hydrogen) atoms. The molecule has 2 rings (SSSR count). The van der Waals surface area contributed by atoms with E-state index >= 15 is 0 Å². The summed E-state index contributed by atoms with van der Waals surface area (Å²) in [6.45, 7) is 11.1. The second-order valence-corrected chi connectivity index (χ2v) is 6.93. The first kappa shape index (κ1) is 22.9. The highest BCUT2D eigenvalue weighted by Crippen LogP contribution is 2.33. The minimum absolute atomic E-state index is 0.225. The lowest BCUT2D eigenvalue weighted by atomic mass is 9.96. The van der Waals surface area contributed by atoms with E-state index in [1.807, 2.05) is 6.92 Å². The van der Waals surface area contributed by atoms with Gasteiger partial charge in [0.15, 0.2) is 5.78 Å². The van der Waals surface area contributed by atoms with Crippen LogP contribution in [0.15, 0.2) is 60.2 Å². The summed E-state index contributed by atoms with van der Waals surface area (Å²) in [5.41, 5.74) is 3.37. The van der Waals surface area contributed by atoms with Gasteiger partial charge in [-0.05, 0) is 25.0 Å². The van der Waals surface area contributed by atoms with Crippen molar-refractivity contribution >= 4 is 23.4 Å². The van der Waals surface area contributed by atoms with Gasteiger partial charge in [-0.15, -0.1) is 0 Å². The summed E-state index contributed by atoms with van der Waals surface area (Å²) in [5.74, 6) is -0.754. The van der Waals surface area contributed by atoms with E-state index in [2.05, 4.69) is 19.2 Å². The molecule has 6 heteroatoms. The number of aromatic nitrogens is 1. The van der Waals surface area contributed by atoms with Gasteiger partial charge in [0.1, 0.15) is 11.8 Å². The highest BCUT2D eigenvalue weighted by Gasteiger charge is 2.27. The maximum absolute atomic E-state index is 12.7. The molecule has 0 aliphatic rings. The summed E-state index contributed by atoms with van der Waals surface area (Å²) in [7, 11) is 1.74. The molecule has 0 aliphatic heterocycles. The number of halogens is 1. The van der Waals surface area contributed by atoms with Crippen LogP contribution >= 0.6 is 11.6 Å². The highest BCUT2D eigenvalue weighted by molar-refractivity contribution is 6.31. The van der Waals surface area contributed by atoms with Crippen LogP contribution in [0.1, 0.15) is 46.0 Å². The summed E-state index contributed by atoms with van der Waals surface area (Å²) in [5, 5.41) is 9.99. The van der Waals surface area contributed by atoms with E-state index in [-0.39, 0.29) is 17.4 Å². The predicted molar refractivity (Wildman–Crippen MR) is 119 cm³/mol. The van der Waals surface area contributed by atoms with E-state index in [4.69, 9.17) is 16.3 Å². The van der Waals surface area contributed by atoms with Crippen LogP contribution in [0, 0.1) is 11.3 Å². The molecule has 0 atom stereocenters. The average Bonchev–Trinajstić information content (AvgIpc) is 3.02. The lowest BCUT2D eigenvalue weighted by Crippen LogP contribution is -2.12. The van der Waals surface area contributed by atoms with Crippen molar-refractivity contribution < 1.29 is 14.3 Å². The number of carbonyl (C=O) groups excluding carboxylic acids is 2. The van der Waals surface area contributed by atoms with Gasteiger partial charge in [0, 0.05) is 34.5 Å². The van der Waals surface area contributed by atoms with Crippen LogP contribution < -0.4 is 0 Å². The molecule has 1 heterocycles. The normalized spacial score (nSPS) is 11.0. The number of ether oxygens (including phenoxy) is 1. The lowest BCUT2D eigenvalue weighted by molar-refractivity contribution is 0.0516. The second kappa shape index (κ2) is 9.91. The third-order valence-corrected chi connectivity index (χ3v) is 4.77. The van der Waals surface area contributed by atoms with Gasteiger partial charge in [-0.2, -0.15) is 5.26 Å². The Labute approximate surface area is 181 Å². The minimum Gasteiger partial charge on any atom is -0.461 e. The van der Waals surface area contributed by atoms with Gasteiger partial charge in [0.2, 0.25) is 0 Å². The summed E-state index contributed by atoms with van der Waals surface area (Å²) in [4.78, 5) is 25.3. The molecule has 0 fully saturated rings. The Hall–Kier alpha value is -3.36. The molecule has 0 saturated heterocycles. The fourth-order valence-corrected chi connectivity index (χ4v) is 3.45. The average molecular weight is 423 g/mol. The van der Waals surface area contributed by atoms with Crippen LogP contribution in [-0.4, -0.2) is 22.9 Å². The predicted octanol–water partition coefficient (Wildman–Crippen LogP) is 5.35. The van der Waals surface area contributed by atoms with Crippen molar-refractivity contribution in [3.8, 4) is 17.2 Å². The van der Waals surface area contributed by atoms with Crippen LogP contribution in [0.2, 0.25) is 0 Å². The molecule has 154 valence electrons. The van der Waals surface area contributed by atoms with Crippen LogP contribution in [0.25, 0.3) is 11.1 Å². The molecule has 0 amide bonds. The Kier molecular flexibility index (Phi) is 7.57. The topological polar surface area (TPSA) is 72.1 Å². The van der Waals surface area contributed by atoms with Crippen LogP contribution in [-0.2, 0) is 18.2 Å². The smallest absolute Gasteiger partial charge is 0.355 e. The largest absolute Gasteiger partial charge is 0.461 e. The van der Waals surface area contributed by atoms with Gasteiger partial charge in [0.25, 0.3) is 0 Å². The molecule has 1 aromatic carbocycles. The molecule has 0 saturated carbocycles. The van der Waals surface area contributed by atoms with Gasteiger partial charge in [0.05, 0.1) is 12.2 Å². The maximum Gasteiger partial charge on any atom is 0.355 e. The van der Waals surface area contributed by atoms with E-state index in [9.17, 15) is 14.9 Å². The van der Waals surface area contributed by atoms with Crippen molar-refractivity contribution in [3.63, 3.8) is 0 Å². The number of hydrogen-bond acceptors (Lipinski definition) is 4. The van der Waals surface area contributed by atoms with E-state index in [1.165, 1.54) is 12.2 Å². The first-order valence-electron chi connectivity index (χ1n) is 9.43. The van der Waals surface area contributed by atoms with Gasteiger partial charge in [-0.1, -0.05) is 62.0 Å². The van der Waals surface area contributed by atoms with Gasteiger partial charge in [-0.25, -0.2) is 4.79 Å². The fourth-order valence-electron chi connectivity index (χ4n) is 3.33. The standard InChI is InChI=1S/C24H23ClN2O3/c1-6-16(13-15(4)25)23(28)18-11-9-17(10-12-18)21-19(14-26)20(7-2)27(5)22(21)24(29)30-8-3/h6,9-13H,1,4,7-8H2,2-3,5H3/b16-13+. The lowest BCUT2D eigenvalue weighted by Gasteiger charge is -2.09. The van der Waals surface area contributed by atoms with Crippen molar-refractivity contribution in [3.05, 3.63) is 82.7 Å². The Morgan fingerprint density at radius 1 is 1.27 bits per heavy atom. The van der Waals surface area contributed by atoms with Crippen molar-refractivity contribution in [2.75, 3.05) is 6.61 Å². The quantitative estimate of drug-likeness (QED) is 0.249. The molecule has 5 nitrogen and oxygen atoms in total. The number of nitriles is 1. The summed E-state index contributed by atoms with van der Waals surface area (Å²) < 4.78 is 6.91. The number of nitrogens with zero attached hydrogens (tertiary/aromatic N) is 2. The van der Waals surface area contributed by atoms with Gasteiger partial charge >= 0.3 is 5.97 Å². The molecule has 0 unspecified atom stereocenters. The van der Waals surface area contributed by atoms with Crippen molar-refractivity contribution in [2.45, 2.75) is 20.3 Å². The van der Waals surface area contributed by atoms with E-state index in [0.29, 0.717) is 39.9 Å². The van der Waals surface area contributed by atoms with E-state index in [1.54, 1.807) is 42.8 Å². The number of hydrogen-bond donors (Lipinski definition) is 0. The molecular formula is C24H23ClN2O3. The van der Waals surface area contributed by atoms with Crippen molar-refractivity contribution in [1.82, 2.24) is 4.57 Å². The third-order valence-electron chi connectivity index (χ3n) is 4.66. The highest BCUT2D eigenvalue weighted by atomic mass is 35.5. The van der Waals surface area contributed by atoms with Gasteiger partial charge < -0.3 is 9.30 Å². The zero-order valence-electron chi connectivity index (χ0n) is 17.3. The van der Waals surface area contributed by atoms with E-state index in [0.717, 1.165) is 5.69 Å². The molecule has 0 spiro atoms. The van der Waals surface area contributed by atoms with Gasteiger partial charge in [-0.3, -0.25) is 4.79 Å². The van der Waals surface area contributed by atoms with E-state index < -0.39 is 5.97 Å². The van der Waals surface area contributed by atoms with Crippen molar-refractivity contribution in [2.24, 2.45) is 7.05 Å². The number of rotatable bonds is 8. The zero-order valence-corrected chi connectivity index (χ0v) is 18.0. The Morgan fingerprint density at radius 2 is 1.90 bits per heavy atom. The Balaban J connectivity index is 2.62. The number of Topliss-reactive ketones (excluding diaryl/α,β-unsaturated/α-hetero) is 1. The summed E-state index contributed by atoms with van der Waals surface area (Å²) in [6.07, 6.45) is 3.45. The number of esters is 1. The summed E-state index contributed by atoms with van der Waals surface area (Å²) in [6, 6.07) is 8.92. The third kappa shape index (κ3) is 4.45. The number of ketones is 1. The molecule has 0 N–H and O–H groups in total. The molecule has 0 bridgehead atoms. The minimum atomic E-state index is -0.496. The summed E-state index contributed by atoms with van der Waals surface area (Å²) >= 11 is 5.78. The molecular weight excluding hydrogens is 400 g/mol. The molecule has 0 radical (unpaired) electrons. The molecule has 2 aromatic rings. The second-order valence-electron chi connectivity index (χ2n) is 6.45. The van der Waals surface area contributed by atoms with Crippen LogP contribution in [0.4, 0.5) is 0 Å². The van der Waals surface area contributed by atoms with Crippen LogP contribution in [0.5, 0.6) is 0 Å². The molecule has 0 aliphatic carbocycles. The Morgan fingerprint density at radius 3 is 2.37 bits per heavy atom. The molecule has 1 aromatic heterocycles. The zero-order chi connectivity index (χ0) is 22.4. The first-order chi connectivity index (χ1) is 14.3. The fraction of sp³-hybridized carbons (Fsp3) is 0.208. The Bertz CT molecular complexity index is 1080. The maximum atomic E-state index is 12.7. The number of allylic oxidation sites excluding steroid dienone is 4. The van der Waals surface area contributed by atoms with Crippen LogP contribution in [0.3, 0.4) is 0 Å².